The molecule has 0 saturated carbocycles. The van der Waals surface area contributed by atoms with Gasteiger partial charge < -0.3 is 19.5 Å². The third kappa shape index (κ3) is 5.23. The van der Waals surface area contributed by atoms with Crippen molar-refractivity contribution in [2.24, 2.45) is 4.99 Å². The fourth-order valence-electron chi connectivity index (χ4n) is 2.82. The standard InChI is InChI=1S/C17H23ClN6O.HI/c1-19-17(20-12-16-22-21-15-4-3-9-24(15)16)23(2)10-11-25-14-7-5-13(18)6-8-14;/h5-8H,3-4,9-12H2,1-2H3,(H,19,20);1H. The Balaban J connectivity index is 0.00000243. The minimum Gasteiger partial charge on any atom is -0.492 e. The number of nitrogens with zero attached hydrogens (tertiary/aromatic N) is 5. The molecule has 0 atom stereocenters. The number of nitrogens with one attached hydrogen (secondary N) is 1. The lowest BCUT2D eigenvalue weighted by Gasteiger charge is -2.22. The van der Waals surface area contributed by atoms with Crippen LogP contribution in [0.1, 0.15) is 18.1 Å². The number of rotatable bonds is 6. The molecule has 0 radical (unpaired) electrons. The third-order valence-electron chi connectivity index (χ3n) is 4.17. The molecule has 0 bridgehead atoms. The average molecular weight is 491 g/mol. The molecule has 26 heavy (non-hydrogen) atoms. The summed E-state index contributed by atoms with van der Waals surface area (Å²) in [6.45, 7) is 2.88. The Kier molecular flexibility index (Phi) is 7.95. The predicted molar refractivity (Wildman–Crippen MR) is 114 cm³/mol. The maximum absolute atomic E-state index is 5.87. The normalized spacial score (nSPS) is 13.1. The minimum absolute atomic E-state index is 0. The maximum atomic E-state index is 5.87. The highest BCUT2D eigenvalue weighted by Gasteiger charge is 2.17. The zero-order valence-corrected chi connectivity index (χ0v) is 18.1. The SMILES string of the molecule is CN=C(NCc1nnc2n1CCC2)N(C)CCOc1ccc(Cl)cc1.I. The van der Waals surface area contributed by atoms with Gasteiger partial charge in [0.2, 0.25) is 0 Å². The van der Waals surface area contributed by atoms with Crippen molar-refractivity contribution in [2.45, 2.75) is 25.9 Å². The molecule has 1 aromatic heterocycles. The molecule has 1 N–H and O–H groups in total. The molecule has 7 nitrogen and oxygen atoms in total. The van der Waals surface area contributed by atoms with E-state index in [9.17, 15) is 0 Å². The van der Waals surface area contributed by atoms with Gasteiger partial charge in [0.1, 0.15) is 18.2 Å². The van der Waals surface area contributed by atoms with Crippen LogP contribution in [0, 0.1) is 0 Å². The van der Waals surface area contributed by atoms with E-state index in [4.69, 9.17) is 16.3 Å². The van der Waals surface area contributed by atoms with Crippen molar-refractivity contribution in [1.29, 1.82) is 0 Å². The van der Waals surface area contributed by atoms with E-state index in [1.807, 2.05) is 36.2 Å². The molecule has 2 heterocycles. The molecule has 2 aromatic rings. The zero-order chi connectivity index (χ0) is 17.6. The summed E-state index contributed by atoms with van der Waals surface area (Å²) in [5.74, 6) is 3.64. The Labute approximate surface area is 175 Å². The van der Waals surface area contributed by atoms with Gasteiger partial charge in [-0.2, -0.15) is 0 Å². The highest BCUT2D eigenvalue weighted by molar-refractivity contribution is 14.0. The fourth-order valence-corrected chi connectivity index (χ4v) is 2.95. The maximum Gasteiger partial charge on any atom is 0.193 e. The predicted octanol–water partition coefficient (Wildman–Crippen LogP) is 2.58. The van der Waals surface area contributed by atoms with Gasteiger partial charge in [-0.25, -0.2) is 0 Å². The number of hydrogen-bond donors (Lipinski definition) is 1. The summed E-state index contributed by atoms with van der Waals surface area (Å²) in [6.07, 6.45) is 2.16. The number of likely N-dealkylation sites (N-methyl/N-ethyl adjacent to an activating group) is 1. The van der Waals surface area contributed by atoms with E-state index in [0.29, 0.717) is 24.7 Å². The van der Waals surface area contributed by atoms with Crippen LogP contribution in [0.5, 0.6) is 5.75 Å². The monoisotopic (exact) mass is 490 g/mol. The molecule has 0 spiro atoms. The molecular weight excluding hydrogens is 467 g/mol. The van der Waals surface area contributed by atoms with Crippen molar-refractivity contribution in [1.82, 2.24) is 25.0 Å². The molecule has 9 heteroatoms. The summed E-state index contributed by atoms with van der Waals surface area (Å²) in [5.41, 5.74) is 0. The van der Waals surface area contributed by atoms with E-state index in [2.05, 4.69) is 25.1 Å². The lowest BCUT2D eigenvalue weighted by Crippen LogP contribution is -2.40. The first-order valence-corrected chi connectivity index (χ1v) is 8.76. The third-order valence-corrected chi connectivity index (χ3v) is 4.43. The van der Waals surface area contributed by atoms with Gasteiger partial charge in [0.05, 0.1) is 13.1 Å². The van der Waals surface area contributed by atoms with Gasteiger partial charge in [-0.15, -0.1) is 34.2 Å². The number of aryl methyl sites for hydroxylation is 1. The lowest BCUT2D eigenvalue weighted by atomic mass is 10.3. The van der Waals surface area contributed by atoms with Gasteiger partial charge in [0.15, 0.2) is 11.8 Å². The highest BCUT2D eigenvalue weighted by atomic mass is 127. The van der Waals surface area contributed by atoms with Crippen LogP contribution >= 0.6 is 35.6 Å². The zero-order valence-electron chi connectivity index (χ0n) is 15.0. The van der Waals surface area contributed by atoms with E-state index in [-0.39, 0.29) is 24.0 Å². The Morgan fingerprint density at radius 3 is 2.85 bits per heavy atom. The van der Waals surface area contributed by atoms with Gasteiger partial charge in [-0.3, -0.25) is 4.99 Å². The number of ether oxygens (including phenoxy) is 1. The summed E-state index contributed by atoms with van der Waals surface area (Å²) in [4.78, 5) is 6.34. The summed E-state index contributed by atoms with van der Waals surface area (Å²) in [7, 11) is 3.75. The number of guanidine groups is 1. The number of benzene rings is 1. The highest BCUT2D eigenvalue weighted by Crippen LogP contribution is 2.15. The Bertz CT molecular complexity index is 733. The number of hydrogen-bond acceptors (Lipinski definition) is 4. The summed E-state index contributed by atoms with van der Waals surface area (Å²) in [6, 6.07) is 7.36. The molecule has 1 aliphatic heterocycles. The molecule has 1 aliphatic rings. The number of aliphatic imine (C=N–C) groups is 1. The van der Waals surface area contributed by atoms with Crippen molar-refractivity contribution in [2.75, 3.05) is 27.2 Å². The molecule has 0 unspecified atom stereocenters. The minimum atomic E-state index is 0. The molecule has 0 aliphatic carbocycles. The quantitative estimate of drug-likeness (QED) is 0.383. The van der Waals surface area contributed by atoms with Crippen LogP contribution in [0.15, 0.2) is 29.3 Å². The summed E-state index contributed by atoms with van der Waals surface area (Å²) >= 11 is 5.87. The Morgan fingerprint density at radius 1 is 1.35 bits per heavy atom. The van der Waals surface area contributed by atoms with Crippen molar-refractivity contribution in [3.63, 3.8) is 0 Å². The number of halogens is 2. The Morgan fingerprint density at radius 2 is 2.12 bits per heavy atom. The average Bonchev–Trinajstić information content (AvgIpc) is 3.22. The van der Waals surface area contributed by atoms with Crippen LogP contribution in [0.2, 0.25) is 5.02 Å². The first kappa shape index (κ1) is 20.8. The van der Waals surface area contributed by atoms with Gasteiger partial charge >= 0.3 is 0 Å². The number of aromatic nitrogens is 3. The molecule has 0 fully saturated rings. The first-order chi connectivity index (χ1) is 12.2. The summed E-state index contributed by atoms with van der Waals surface area (Å²) < 4.78 is 7.91. The fraction of sp³-hybridized carbons (Fsp3) is 0.471. The van der Waals surface area contributed by atoms with Crippen LogP contribution in [-0.4, -0.2) is 52.9 Å². The number of fused-ring (bicyclic) bond motifs is 1. The van der Waals surface area contributed by atoms with Gasteiger partial charge in [0, 0.05) is 32.1 Å². The van der Waals surface area contributed by atoms with Crippen molar-refractivity contribution < 1.29 is 4.74 Å². The van der Waals surface area contributed by atoms with E-state index in [1.165, 1.54) is 0 Å². The van der Waals surface area contributed by atoms with E-state index in [1.54, 1.807) is 7.05 Å². The lowest BCUT2D eigenvalue weighted by molar-refractivity contribution is 0.281. The van der Waals surface area contributed by atoms with Gasteiger partial charge in [0.25, 0.3) is 0 Å². The van der Waals surface area contributed by atoms with Crippen LogP contribution in [-0.2, 0) is 19.5 Å². The van der Waals surface area contributed by atoms with E-state index in [0.717, 1.165) is 42.7 Å². The topological polar surface area (TPSA) is 67.6 Å². The molecule has 0 amide bonds. The summed E-state index contributed by atoms with van der Waals surface area (Å²) in [5, 5.41) is 12.5. The van der Waals surface area contributed by atoms with E-state index < -0.39 is 0 Å². The molecule has 0 saturated heterocycles. The van der Waals surface area contributed by atoms with Crippen LogP contribution in [0.3, 0.4) is 0 Å². The van der Waals surface area contributed by atoms with Crippen LogP contribution in [0.4, 0.5) is 0 Å². The molecule has 142 valence electrons. The Hall–Kier alpha value is -1.55. The molecule has 3 rings (SSSR count). The molecule has 1 aromatic carbocycles. The molecular formula is C17H24ClIN6O. The smallest absolute Gasteiger partial charge is 0.193 e. The van der Waals surface area contributed by atoms with Crippen LogP contribution in [0.25, 0.3) is 0 Å². The van der Waals surface area contributed by atoms with Crippen LogP contribution < -0.4 is 10.1 Å². The van der Waals surface area contributed by atoms with Gasteiger partial charge in [-0.05, 0) is 30.7 Å². The van der Waals surface area contributed by atoms with E-state index >= 15 is 0 Å². The van der Waals surface area contributed by atoms with Crippen molar-refractivity contribution in [3.05, 3.63) is 40.9 Å². The van der Waals surface area contributed by atoms with Crippen molar-refractivity contribution in [3.8, 4) is 5.75 Å². The van der Waals surface area contributed by atoms with Crippen molar-refractivity contribution >= 4 is 41.5 Å². The van der Waals surface area contributed by atoms with Gasteiger partial charge in [-0.1, -0.05) is 11.6 Å². The first-order valence-electron chi connectivity index (χ1n) is 8.38. The second-order valence-electron chi connectivity index (χ2n) is 5.91. The largest absolute Gasteiger partial charge is 0.492 e. The second-order valence-corrected chi connectivity index (χ2v) is 6.35. The second kappa shape index (κ2) is 9.96.